The van der Waals surface area contributed by atoms with E-state index in [1.807, 2.05) is 48.5 Å². The van der Waals surface area contributed by atoms with Crippen LogP contribution in [-0.2, 0) is 15.6 Å². The van der Waals surface area contributed by atoms with E-state index < -0.39 is 8.25 Å². The second-order valence-corrected chi connectivity index (χ2v) is 8.74. The van der Waals surface area contributed by atoms with Gasteiger partial charge in [-0.15, -0.1) is 19.6 Å². The lowest BCUT2D eigenvalue weighted by Crippen LogP contribution is -2.16. The topological polar surface area (TPSA) is 110 Å². The van der Waals surface area contributed by atoms with Crippen LogP contribution in [0.3, 0.4) is 0 Å². The molecular weight excluding hydrogens is 463 g/mol. The standard InChI is InChI=1S/C26H27N4O4P/c1-2-8-20(19-9-4-3-5-10-19)17-24-29-30-26(34-24)23-13-12-21(25-22(23)11-6-15-28-25)18-27-14-7-16-33-35(31)32/h3-6,9-13,15,17,27H,2,7-8,14,16,18H2,1H3/p+1/b20-17+. The lowest BCUT2D eigenvalue weighted by Gasteiger charge is -2.09. The molecule has 0 aliphatic carbocycles. The van der Waals surface area contributed by atoms with Gasteiger partial charge in [-0.3, -0.25) is 4.98 Å². The van der Waals surface area contributed by atoms with Crippen molar-refractivity contribution in [2.24, 2.45) is 0 Å². The summed E-state index contributed by atoms with van der Waals surface area (Å²) in [4.78, 5) is 13.3. The lowest BCUT2D eigenvalue weighted by molar-refractivity contribution is 0.276. The normalized spacial score (nSPS) is 12.3. The van der Waals surface area contributed by atoms with Gasteiger partial charge in [0.15, 0.2) is 0 Å². The number of pyridine rings is 1. The Labute approximate surface area is 205 Å². The molecule has 1 atom stereocenters. The third-order valence-corrected chi connectivity index (χ3v) is 5.90. The van der Waals surface area contributed by atoms with Crippen LogP contribution >= 0.6 is 8.25 Å². The van der Waals surface area contributed by atoms with Crippen LogP contribution in [0, 0.1) is 0 Å². The summed E-state index contributed by atoms with van der Waals surface area (Å²) in [7, 11) is -2.54. The number of nitrogens with zero attached hydrogens (tertiary/aromatic N) is 3. The first-order valence-electron chi connectivity index (χ1n) is 11.6. The van der Waals surface area contributed by atoms with Gasteiger partial charge in [0, 0.05) is 34.3 Å². The number of nitrogens with one attached hydrogen (secondary N) is 1. The van der Waals surface area contributed by atoms with Crippen LogP contribution in [0.2, 0.25) is 0 Å². The largest absolute Gasteiger partial charge is 0.694 e. The minimum Gasteiger partial charge on any atom is -0.417 e. The van der Waals surface area contributed by atoms with Gasteiger partial charge in [0.25, 0.3) is 0 Å². The van der Waals surface area contributed by atoms with Crippen LogP contribution < -0.4 is 5.32 Å². The average molecular weight is 492 g/mol. The number of hydrogen-bond donors (Lipinski definition) is 2. The summed E-state index contributed by atoms with van der Waals surface area (Å²) in [6.45, 7) is 3.64. The molecule has 35 heavy (non-hydrogen) atoms. The van der Waals surface area contributed by atoms with Crippen LogP contribution in [0.25, 0.3) is 34.0 Å². The quantitative estimate of drug-likeness (QED) is 0.190. The van der Waals surface area contributed by atoms with E-state index in [0.29, 0.717) is 31.3 Å². The Kier molecular flexibility index (Phi) is 8.81. The number of rotatable bonds is 12. The number of aromatic nitrogens is 3. The minimum atomic E-state index is -2.54. The Morgan fingerprint density at radius 2 is 2.00 bits per heavy atom. The van der Waals surface area contributed by atoms with Crippen LogP contribution in [-0.4, -0.2) is 33.2 Å². The summed E-state index contributed by atoms with van der Waals surface area (Å²) in [5.41, 5.74) is 5.04. The van der Waals surface area contributed by atoms with Crippen molar-refractivity contribution in [3.05, 3.63) is 77.8 Å². The summed E-state index contributed by atoms with van der Waals surface area (Å²) in [5.74, 6) is 0.926. The maximum atomic E-state index is 10.6. The maximum absolute atomic E-state index is 10.6. The third-order valence-electron chi connectivity index (χ3n) is 5.50. The molecular formula is C26H28N4O4P+. The van der Waals surface area contributed by atoms with Crippen molar-refractivity contribution in [3.63, 3.8) is 0 Å². The van der Waals surface area contributed by atoms with Crippen LogP contribution in [0.5, 0.6) is 0 Å². The molecule has 180 valence electrons. The Balaban J connectivity index is 1.54. The monoisotopic (exact) mass is 491 g/mol. The zero-order valence-electron chi connectivity index (χ0n) is 19.6. The molecule has 9 heteroatoms. The first-order valence-corrected chi connectivity index (χ1v) is 12.7. The Hall–Kier alpha value is -3.29. The molecule has 4 rings (SSSR count). The molecule has 0 saturated heterocycles. The van der Waals surface area contributed by atoms with Gasteiger partial charge >= 0.3 is 8.25 Å². The van der Waals surface area contributed by atoms with Crippen molar-refractivity contribution in [1.82, 2.24) is 20.5 Å². The fourth-order valence-corrected chi connectivity index (χ4v) is 4.18. The second kappa shape index (κ2) is 12.4. The van der Waals surface area contributed by atoms with Crippen molar-refractivity contribution in [2.45, 2.75) is 32.7 Å². The fourth-order valence-electron chi connectivity index (χ4n) is 3.90. The Morgan fingerprint density at radius 3 is 2.80 bits per heavy atom. The van der Waals surface area contributed by atoms with Crippen molar-refractivity contribution in [2.75, 3.05) is 13.2 Å². The van der Waals surface area contributed by atoms with Gasteiger partial charge in [-0.05, 0) is 48.2 Å². The van der Waals surface area contributed by atoms with Crippen molar-refractivity contribution in [1.29, 1.82) is 0 Å². The second-order valence-electron chi connectivity index (χ2n) is 8.00. The first kappa shape index (κ1) is 24.8. The van der Waals surface area contributed by atoms with E-state index in [4.69, 9.17) is 9.31 Å². The van der Waals surface area contributed by atoms with E-state index in [9.17, 15) is 4.57 Å². The number of fused-ring (bicyclic) bond motifs is 1. The molecule has 4 aromatic rings. The van der Waals surface area contributed by atoms with Crippen molar-refractivity contribution >= 4 is 30.8 Å². The molecule has 1 unspecified atom stereocenters. The molecule has 0 bridgehead atoms. The summed E-state index contributed by atoms with van der Waals surface area (Å²) in [6.07, 6.45) is 6.29. The van der Waals surface area contributed by atoms with Crippen LogP contribution in [0.4, 0.5) is 0 Å². The van der Waals surface area contributed by atoms with Gasteiger partial charge in [-0.25, -0.2) is 0 Å². The zero-order chi connectivity index (χ0) is 24.5. The van der Waals surface area contributed by atoms with Gasteiger partial charge in [-0.2, -0.15) is 0 Å². The molecule has 2 aromatic heterocycles. The highest BCUT2D eigenvalue weighted by Gasteiger charge is 2.15. The highest BCUT2D eigenvalue weighted by Crippen LogP contribution is 2.30. The number of benzene rings is 2. The smallest absolute Gasteiger partial charge is 0.417 e. The predicted octanol–water partition coefficient (Wildman–Crippen LogP) is 5.77. The van der Waals surface area contributed by atoms with Crippen LogP contribution in [0.15, 0.2) is 65.2 Å². The van der Waals surface area contributed by atoms with E-state index in [-0.39, 0.29) is 6.61 Å². The fraction of sp³-hybridized carbons (Fsp3) is 0.269. The van der Waals surface area contributed by atoms with Gasteiger partial charge in [0.1, 0.15) is 6.61 Å². The number of hydrogen-bond acceptors (Lipinski definition) is 7. The predicted molar refractivity (Wildman–Crippen MR) is 136 cm³/mol. The summed E-state index contributed by atoms with van der Waals surface area (Å²) in [5, 5.41) is 12.9. The Bertz CT molecular complexity index is 1310. The molecule has 8 nitrogen and oxygen atoms in total. The van der Waals surface area contributed by atoms with Gasteiger partial charge < -0.3 is 9.73 Å². The van der Waals surface area contributed by atoms with E-state index in [1.165, 1.54) is 0 Å². The molecule has 0 spiro atoms. The van der Waals surface area contributed by atoms with Crippen LogP contribution in [0.1, 0.15) is 43.2 Å². The van der Waals surface area contributed by atoms with E-state index in [1.54, 1.807) is 6.20 Å². The molecule has 0 aliphatic heterocycles. The molecule has 0 saturated carbocycles. The molecule has 0 fully saturated rings. The SMILES string of the molecule is CCC/C(=C\c1nnc(-c2ccc(CNCCCO[P+](=O)O)c3ncccc23)o1)c1ccccc1. The van der Waals surface area contributed by atoms with Gasteiger partial charge in [-0.1, -0.05) is 55.8 Å². The van der Waals surface area contributed by atoms with E-state index in [2.05, 4.69) is 44.1 Å². The van der Waals surface area contributed by atoms with Crippen molar-refractivity contribution in [3.8, 4) is 11.5 Å². The molecule has 2 aromatic carbocycles. The molecule has 2 N–H and O–H groups in total. The zero-order valence-corrected chi connectivity index (χ0v) is 20.4. The highest BCUT2D eigenvalue weighted by atomic mass is 31.1. The van der Waals surface area contributed by atoms with E-state index >= 15 is 0 Å². The van der Waals surface area contributed by atoms with Gasteiger partial charge in [0.05, 0.1) is 5.52 Å². The maximum Gasteiger partial charge on any atom is 0.694 e. The summed E-state index contributed by atoms with van der Waals surface area (Å²) in [6, 6.07) is 18.1. The molecule has 0 aliphatic rings. The highest BCUT2D eigenvalue weighted by molar-refractivity contribution is 7.32. The number of allylic oxidation sites excluding steroid dienone is 1. The molecule has 0 radical (unpaired) electrons. The first-order chi connectivity index (χ1) is 17.2. The lowest BCUT2D eigenvalue weighted by atomic mass is 10.0. The third kappa shape index (κ3) is 6.65. The molecule has 2 heterocycles. The molecule has 0 amide bonds. The van der Waals surface area contributed by atoms with Crippen molar-refractivity contribution < 1.29 is 18.4 Å². The minimum absolute atomic E-state index is 0.231. The van der Waals surface area contributed by atoms with Gasteiger partial charge in [0.2, 0.25) is 11.8 Å². The average Bonchev–Trinajstić information content (AvgIpc) is 3.34. The Morgan fingerprint density at radius 1 is 1.14 bits per heavy atom. The summed E-state index contributed by atoms with van der Waals surface area (Å²) >= 11 is 0. The van der Waals surface area contributed by atoms with E-state index in [0.717, 1.165) is 46.0 Å². The summed E-state index contributed by atoms with van der Waals surface area (Å²) < 4.78 is 21.3.